The zero-order valence-electron chi connectivity index (χ0n) is 10.4. The average molecular weight is 266 g/mol. The monoisotopic (exact) mass is 265 g/mol. The normalized spacial score (nSPS) is 12.7. The molecule has 0 aliphatic heterocycles. The molecule has 6 heteroatoms. The Morgan fingerprint density at radius 1 is 1.56 bits per heavy atom. The number of rotatable bonds is 4. The number of nitrogens with two attached hydrogens (primary N) is 1. The summed E-state index contributed by atoms with van der Waals surface area (Å²) in [6.07, 6.45) is 4.21. The molecule has 0 radical (unpaired) electrons. The molecule has 0 aliphatic rings. The Bertz CT molecular complexity index is 523. The van der Waals surface area contributed by atoms with E-state index in [1.54, 1.807) is 17.1 Å². The molecule has 1 unspecified atom stereocenters. The number of nitrogens with zero attached hydrogens (tertiary/aromatic N) is 3. The quantitative estimate of drug-likeness (QED) is 0.650. The van der Waals surface area contributed by atoms with Gasteiger partial charge in [0, 0.05) is 25.0 Å². The van der Waals surface area contributed by atoms with Crippen LogP contribution in [0.3, 0.4) is 0 Å². The van der Waals surface area contributed by atoms with Crippen molar-refractivity contribution in [3.63, 3.8) is 0 Å². The van der Waals surface area contributed by atoms with E-state index in [2.05, 4.69) is 15.5 Å². The van der Waals surface area contributed by atoms with Gasteiger partial charge in [-0.2, -0.15) is 5.10 Å². The highest BCUT2D eigenvalue weighted by atomic mass is 35.5. The van der Waals surface area contributed by atoms with Crippen molar-refractivity contribution in [3.8, 4) is 0 Å². The van der Waals surface area contributed by atoms with E-state index in [0.717, 1.165) is 16.8 Å². The van der Waals surface area contributed by atoms with Crippen LogP contribution in [0.4, 0.5) is 0 Å². The minimum absolute atomic E-state index is 0.0286. The summed E-state index contributed by atoms with van der Waals surface area (Å²) in [6.45, 7) is 1.94. The van der Waals surface area contributed by atoms with Crippen LogP contribution in [0.5, 0.6) is 0 Å². The fourth-order valence-corrected chi connectivity index (χ4v) is 2.22. The highest BCUT2D eigenvalue weighted by Gasteiger charge is 2.17. The van der Waals surface area contributed by atoms with Gasteiger partial charge in [-0.05, 0) is 25.0 Å². The highest BCUT2D eigenvalue weighted by molar-refractivity contribution is 6.30. The first kappa shape index (κ1) is 13.0. The van der Waals surface area contributed by atoms with Crippen molar-refractivity contribution >= 4 is 11.6 Å². The lowest BCUT2D eigenvalue weighted by Gasteiger charge is -2.15. The second kappa shape index (κ2) is 5.48. The molecular formula is C12H16ClN5. The van der Waals surface area contributed by atoms with Gasteiger partial charge >= 0.3 is 0 Å². The third-order valence-corrected chi connectivity index (χ3v) is 3.44. The van der Waals surface area contributed by atoms with Gasteiger partial charge in [0.1, 0.15) is 5.15 Å². The van der Waals surface area contributed by atoms with Gasteiger partial charge < -0.3 is 0 Å². The van der Waals surface area contributed by atoms with Crippen molar-refractivity contribution in [1.29, 1.82) is 0 Å². The molecule has 2 heterocycles. The van der Waals surface area contributed by atoms with Crippen molar-refractivity contribution in [2.24, 2.45) is 12.9 Å². The van der Waals surface area contributed by atoms with Gasteiger partial charge in [0.25, 0.3) is 0 Å². The number of hydrazine groups is 1. The van der Waals surface area contributed by atoms with Crippen LogP contribution in [-0.2, 0) is 13.5 Å². The molecular weight excluding hydrogens is 250 g/mol. The summed E-state index contributed by atoms with van der Waals surface area (Å²) in [4.78, 5) is 4.10. The minimum atomic E-state index is -0.0286. The molecule has 5 nitrogen and oxygen atoms in total. The van der Waals surface area contributed by atoms with Crippen LogP contribution in [0, 0.1) is 6.92 Å². The lowest BCUT2D eigenvalue weighted by atomic mass is 10.0. The van der Waals surface area contributed by atoms with Gasteiger partial charge in [-0.3, -0.25) is 20.9 Å². The Balaban J connectivity index is 2.26. The van der Waals surface area contributed by atoms with E-state index in [1.807, 2.05) is 26.1 Å². The molecule has 0 aliphatic carbocycles. The summed E-state index contributed by atoms with van der Waals surface area (Å²) in [5, 5.41) is 4.94. The maximum absolute atomic E-state index is 6.22. The predicted molar refractivity (Wildman–Crippen MR) is 71.0 cm³/mol. The summed E-state index contributed by atoms with van der Waals surface area (Å²) >= 11 is 6.22. The van der Waals surface area contributed by atoms with E-state index in [1.165, 1.54) is 0 Å². The molecule has 2 rings (SSSR count). The maximum atomic E-state index is 6.22. The summed E-state index contributed by atoms with van der Waals surface area (Å²) in [6, 6.07) is 3.84. The lowest BCUT2D eigenvalue weighted by molar-refractivity contribution is 0.549. The van der Waals surface area contributed by atoms with Crippen LogP contribution in [-0.4, -0.2) is 14.8 Å². The van der Waals surface area contributed by atoms with E-state index in [4.69, 9.17) is 17.4 Å². The smallest absolute Gasteiger partial charge is 0.130 e. The molecule has 0 fully saturated rings. The number of hydrogen-bond donors (Lipinski definition) is 2. The number of nitrogens with one attached hydrogen (secondary N) is 1. The standard InChI is InChI=1S/C12H16ClN5/c1-8-10(12(13)18(2)17-8)6-11(16-14)9-4-3-5-15-7-9/h3-5,7,11,16H,6,14H2,1-2H3. The highest BCUT2D eigenvalue weighted by Crippen LogP contribution is 2.24. The SMILES string of the molecule is Cc1nn(C)c(Cl)c1CC(NN)c1cccnc1. The molecule has 0 bridgehead atoms. The fourth-order valence-electron chi connectivity index (χ4n) is 1.96. The third kappa shape index (κ3) is 2.53. The van der Waals surface area contributed by atoms with E-state index < -0.39 is 0 Å². The van der Waals surface area contributed by atoms with Crippen LogP contribution in [0.25, 0.3) is 0 Å². The van der Waals surface area contributed by atoms with Gasteiger partial charge in [0.15, 0.2) is 0 Å². The van der Waals surface area contributed by atoms with E-state index >= 15 is 0 Å². The molecule has 1 atom stereocenters. The maximum Gasteiger partial charge on any atom is 0.130 e. The Morgan fingerprint density at radius 2 is 2.33 bits per heavy atom. The molecule has 0 saturated carbocycles. The first-order valence-corrected chi connectivity index (χ1v) is 6.05. The van der Waals surface area contributed by atoms with Crippen molar-refractivity contribution in [2.45, 2.75) is 19.4 Å². The van der Waals surface area contributed by atoms with Crippen molar-refractivity contribution < 1.29 is 0 Å². The molecule has 2 aromatic rings. The Kier molecular flexibility index (Phi) is 3.96. The van der Waals surface area contributed by atoms with Crippen LogP contribution in [0.2, 0.25) is 5.15 Å². The number of aryl methyl sites for hydroxylation is 2. The van der Waals surface area contributed by atoms with Crippen LogP contribution in [0.1, 0.15) is 22.9 Å². The number of hydrogen-bond acceptors (Lipinski definition) is 4. The van der Waals surface area contributed by atoms with Gasteiger partial charge in [-0.25, -0.2) is 0 Å². The number of halogens is 1. The Labute approximate surface area is 111 Å². The Hall–Kier alpha value is -1.43. The van der Waals surface area contributed by atoms with Gasteiger partial charge in [0.05, 0.1) is 11.7 Å². The second-order valence-corrected chi connectivity index (χ2v) is 4.55. The van der Waals surface area contributed by atoms with Crippen LogP contribution < -0.4 is 11.3 Å². The van der Waals surface area contributed by atoms with Gasteiger partial charge in [-0.1, -0.05) is 17.7 Å². The zero-order chi connectivity index (χ0) is 13.1. The topological polar surface area (TPSA) is 68.8 Å². The number of aromatic nitrogens is 3. The third-order valence-electron chi connectivity index (χ3n) is 2.97. The number of pyridine rings is 1. The van der Waals surface area contributed by atoms with E-state index in [-0.39, 0.29) is 6.04 Å². The predicted octanol–water partition coefficient (Wildman–Crippen LogP) is 1.52. The van der Waals surface area contributed by atoms with Crippen molar-refractivity contribution in [2.75, 3.05) is 0 Å². The minimum Gasteiger partial charge on any atom is -0.271 e. The van der Waals surface area contributed by atoms with Crippen molar-refractivity contribution in [1.82, 2.24) is 20.2 Å². The molecule has 0 amide bonds. The van der Waals surface area contributed by atoms with E-state index in [9.17, 15) is 0 Å². The molecule has 0 aromatic carbocycles. The van der Waals surface area contributed by atoms with Gasteiger partial charge in [0.2, 0.25) is 0 Å². The average Bonchev–Trinajstić information content (AvgIpc) is 2.62. The molecule has 0 spiro atoms. The zero-order valence-corrected chi connectivity index (χ0v) is 11.1. The molecule has 18 heavy (non-hydrogen) atoms. The largest absolute Gasteiger partial charge is 0.271 e. The molecule has 0 saturated heterocycles. The lowest BCUT2D eigenvalue weighted by Crippen LogP contribution is -2.29. The summed E-state index contributed by atoms with van der Waals surface area (Å²) in [5.41, 5.74) is 5.75. The summed E-state index contributed by atoms with van der Waals surface area (Å²) < 4.78 is 1.67. The summed E-state index contributed by atoms with van der Waals surface area (Å²) in [7, 11) is 1.83. The molecule has 3 N–H and O–H groups in total. The first-order valence-electron chi connectivity index (χ1n) is 5.67. The van der Waals surface area contributed by atoms with E-state index in [0.29, 0.717) is 11.6 Å². The summed E-state index contributed by atoms with van der Waals surface area (Å²) in [5.74, 6) is 5.61. The molecule has 96 valence electrons. The van der Waals surface area contributed by atoms with Crippen molar-refractivity contribution in [3.05, 3.63) is 46.5 Å². The van der Waals surface area contributed by atoms with Crippen LogP contribution in [0.15, 0.2) is 24.5 Å². The Morgan fingerprint density at radius 3 is 2.83 bits per heavy atom. The molecule has 2 aromatic heterocycles. The van der Waals surface area contributed by atoms with Crippen LogP contribution >= 0.6 is 11.6 Å². The first-order chi connectivity index (χ1) is 8.63. The fraction of sp³-hybridized carbons (Fsp3) is 0.333. The van der Waals surface area contributed by atoms with Gasteiger partial charge in [-0.15, -0.1) is 0 Å². The second-order valence-electron chi connectivity index (χ2n) is 4.19.